The molecule has 0 bridgehead atoms. The van der Waals surface area contributed by atoms with E-state index < -0.39 is 0 Å². The zero-order valence-corrected chi connectivity index (χ0v) is 11.1. The molecule has 0 saturated carbocycles. The fourth-order valence-corrected chi connectivity index (χ4v) is 2.00. The molecule has 0 fully saturated rings. The Morgan fingerprint density at radius 2 is 1.82 bits per heavy atom. The summed E-state index contributed by atoms with van der Waals surface area (Å²) in [6, 6.07) is 11.9. The number of hydrogen-bond acceptors (Lipinski definition) is 2. The van der Waals surface area contributed by atoms with E-state index in [-0.39, 0.29) is 11.6 Å². The van der Waals surface area contributed by atoms with Crippen LogP contribution in [0.25, 0.3) is 0 Å². The smallest absolute Gasteiger partial charge is 0.138 e. The Balaban J connectivity index is 2.07. The van der Waals surface area contributed by atoms with Gasteiger partial charge in [-0.3, -0.25) is 0 Å². The van der Waals surface area contributed by atoms with Crippen molar-refractivity contribution >= 4 is 28.3 Å². The van der Waals surface area contributed by atoms with Crippen molar-refractivity contribution in [2.75, 3.05) is 5.32 Å². The minimum absolute atomic E-state index is 0.221. The number of halogens is 2. The van der Waals surface area contributed by atoms with E-state index in [1.165, 1.54) is 6.07 Å². The topological polar surface area (TPSA) is 32.3 Å². The summed E-state index contributed by atoms with van der Waals surface area (Å²) in [6.07, 6.45) is 0. The summed E-state index contributed by atoms with van der Waals surface area (Å²) >= 11 is 1.98. The fourth-order valence-electron chi connectivity index (χ4n) is 1.45. The van der Waals surface area contributed by atoms with Crippen LogP contribution in [0.4, 0.5) is 10.1 Å². The van der Waals surface area contributed by atoms with Crippen molar-refractivity contribution in [1.82, 2.24) is 0 Å². The second-order valence-electron chi connectivity index (χ2n) is 3.62. The average Bonchev–Trinajstić information content (AvgIpc) is 2.33. The van der Waals surface area contributed by atoms with Gasteiger partial charge in [0.25, 0.3) is 0 Å². The standard InChI is InChI=1S/C13H11FINO/c14-11-2-1-3-12(13(11)15)16-8-9-4-6-10(17)7-5-9/h1-7,16-17H,8H2. The predicted octanol–water partition coefficient (Wildman–Crippen LogP) is 3.75. The normalized spacial score (nSPS) is 10.2. The maximum absolute atomic E-state index is 13.3. The molecular weight excluding hydrogens is 332 g/mol. The number of phenolic OH excluding ortho intramolecular Hbond substituents is 1. The molecule has 2 aromatic rings. The Bertz CT molecular complexity index is 513. The molecule has 2 aromatic carbocycles. The molecule has 2 nitrogen and oxygen atoms in total. The summed E-state index contributed by atoms with van der Waals surface area (Å²) in [5.74, 6) is 0.0235. The number of rotatable bonds is 3. The first kappa shape index (κ1) is 12.2. The number of nitrogens with one attached hydrogen (secondary N) is 1. The molecule has 0 atom stereocenters. The number of benzene rings is 2. The SMILES string of the molecule is Oc1ccc(CNc2cccc(F)c2I)cc1. The highest BCUT2D eigenvalue weighted by Crippen LogP contribution is 2.21. The summed E-state index contributed by atoms with van der Waals surface area (Å²) < 4.78 is 13.9. The van der Waals surface area contributed by atoms with E-state index in [9.17, 15) is 4.39 Å². The second kappa shape index (κ2) is 5.35. The number of anilines is 1. The van der Waals surface area contributed by atoms with Gasteiger partial charge in [0.1, 0.15) is 11.6 Å². The van der Waals surface area contributed by atoms with E-state index in [2.05, 4.69) is 5.32 Å². The van der Waals surface area contributed by atoms with Gasteiger partial charge in [0.15, 0.2) is 0 Å². The summed E-state index contributed by atoms with van der Waals surface area (Å²) in [7, 11) is 0. The van der Waals surface area contributed by atoms with Crippen LogP contribution in [0.15, 0.2) is 42.5 Å². The lowest BCUT2D eigenvalue weighted by Gasteiger charge is -2.09. The van der Waals surface area contributed by atoms with Gasteiger partial charge in [0, 0.05) is 6.54 Å². The van der Waals surface area contributed by atoms with Crippen molar-refractivity contribution in [2.45, 2.75) is 6.54 Å². The first-order chi connectivity index (χ1) is 8.16. The van der Waals surface area contributed by atoms with E-state index in [1.807, 2.05) is 40.8 Å². The molecule has 0 amide bonds. The minimum Gasteiger partial charge on any atom is -0.508 e. The van der Waals surface area contributed by atoms with E-state index in [0.29, 0.717) is 10.1 Å². The molecule has 4 heteroatoms. The van der Waals surface area contributed by atoms with Gasteiger partial charge in [0.2, 0.25) is 0 Å². The van der Waals surface area contributed by atoms with Gasteiger partial charge in [-0.15, -0.1) is 0 Å². The molecule has 88 valence electrons. The van der Waals surface area contributed by atoms with Crippen molar-refractivity contribution in [1.29, 1.82) is 0 Å². The minimum atomic E-state index is -0.221. The lowest BCUT2D eigenvalue weighted by atomic mass is 10.2. The third-order valence-electron chi connectivity index (χ3n) is 2.37. The van der Waals surface area contributed by atoms with E-state index in [0.717, 1.165) is 11.3 Å². The zero-order chi connectivity index (χ0) is 12.3. The van der Waals surface area contributed by atoms with Crippen LogP contribution in [-0.4, -0.2) is 5.11 Å². The number of aromatic hydroxyl groups is 1. The Morgan fingerprint density at radius 1 is 1.12 bits per heavy atom. The molecule has 17 heavy (non-hydrogen) atoms. The Kier molecular flexibility index (Phi) is 3.83. The van der Waals surface area contributed by atoms with Crippen molar-refractivity contribution in [3.8, 4) is 5.75 Å². The number of phenols is 1. The van der Waals surface area contributed by atoms with Crippen molar-refractivity contribution in [3.05, 3.63) is 57.4 Å². The van der Waals surface area contributed by atoms with E-state index in [4.69, 9.17) is 5.11 Å². The maximum Gasteiger partial charge on any atom is 0.138 e. The summed E-state index contributed by atoms with van der Waals surface area (Å²) in [6.45, 7) is 0.597. The van der Waals surface area contributed by atoms with Crippen LogP contribution >= 0.6 is 22.6 Å². The molecule has 0 aromatic heterocycles. The highest BCUT2D eigenvalue weighted by Gasteiger charge is 2.04. The van der Waals surface area contributed by atoms with Crippen molar-refractivity contribution < 1.29 is 9.50 Å². The van der Waals surface area contributed by atoms with Gasteiger partial charge in [-0.1, -0.05) is 18.2 Å². The van der Waals surface area contributed by atoms with Crippen LogP contribution in [0.1, 0.15) is 5.56 Å². The van der Waals surface area contributed by atoms with E-state index >= 15 is 0 Å². The summed E-state index contributed by atoms with van der Waals surface area (Å²) in [5, 5.41) is 12.3. The van der Waals surface area contributed by atoms with E-state index in [1.54, 1.807) is 18.2 Å². The number of hydrogen-bond donors (Lipinski definition) is 2. The molecule has 0 aliphatic carbocycles. The molecule has 0 aliphatic rings. The van der Waals surface area contributed by atoms with Crippen LogP contribution in [0.3, 0.4) is 0 Å². The highest BCUT2D eigenvalue weighted by molar-refractivity contribution is 14.1. The largest absolute Gasteiger partial charge is 0.508 e. The molecule has 2 rings (SSSR count). The average molecular weight is 343 g/mol. The van der Waals surface area contributed by atoms with Gasteiger partial charge in [0.05, 0.1) is 9.26 Å². The van der Waals surface area contributed by atoms with Crippen LogP contribution in [0.5, 0.6) is 5.75 Å². The quantitative estimate of drug-likeness (QED) is 0.832. The van der Waals surface area contributed by atoms with Crippen LogP contribution in [0.2, 0.25) is 0 Å². The Labute approximate surface area is 113 Å². The molecule has 2 N–H and O–H groups in total. The monoisotopic (exact) mass is 343 g/mol. The molecule has 0 saturated heterocycles. The second-order valence-corrected chi connectivity index (χ2v) is 4.70. The molecule has 0 radical (unpaired) electrons. The predicted molar refractivity (Wildman–Crippen MR) is 74.6 cm³/mol. The zero-order valence-electron chi connectivity index (χ0n) is 8.95. The molecule has 0 unspecified atom stereocenters. The highest BCUT2D eigenvalue weighted by atomic mass is 127. The Morgan fingerprint density at radius 3 is 2.53 bits per heavy atom. The van der Waals surface area contributed by atoms with Crippen molar-refractivity contribution in [2.24, 2.45) is 0 Å². The third-order valence-corrected chi connectivity index (χ3v) is 3.47. The fraction of sp³-hybridized carbons (Fsp3) is 0.0769. The first-order valence-electron chi connectivity index (χ1n) is 5.12. The van der Waals surface area contributed by atoms with Gasteiger partial charge in [-0.25, -0.2) is 4.39 Å². The third kappa shape index (κ3) is 3.09. The Hall–Kier alpha value is -1.30. The van der Waals surface area contributed by atoms with Gasteiger partial charge in [-0.05, 0) is 52.4 Å². The summed E-state index contributed by atoms with van der Waals surface area (Å²) in [5.41, 5.74) is 1.81. The maximum atomic E-state index is 13.3. The lowest BCUT2D eigenvalue weighted by Crippen LogP contribution is -2.01. The summed E-state index contributed by atoms with van der Waals surface area (Å²) in [4.78, 5) is 0. The van der Waals surface area contributed by atoms with Crippen LogP contribution < -0.4 is 5.32 Å². The van der Waals surface area contributed by atoms with Gasteiger partial charge in [-0.2, -0.15) is 0 Å². The molecular formula is C13H11FINO. The lowest BCUT2D eigenvalue weighted by molar-refractivity contribution is 0.475. The van der Waals surface area contributed by atoms with Gasteiger partial charge < -0.3 is 10.4 Å². The van der Waals surface area contributed by atoms with Crippen molar-refractivity contribution in [3.63, 3.8) is 0 Å². The first-order valence-corrected chi connectivity index (χ1v) is 6.20. The van der Waals surface area contributed by atoms with Crippen LogP contribution in [-0.2, 0) is 6.54 Å². The van der Waals surface area contributed by atoms with Gasteiger partial charge >= 0.3 is 0 Å². The molecule has 0 aliphatic heterocycles. The van der Waals surface area contributed by atoms with Crippen LogP contribution in [0, 0.1) is 9.39 Å². The molecule has 0 spiro atoms. The molecule has 0 heterocycles.